The molecule has 0 saturated heterocycles. The number of halogens is 1. The van der Waals surface area contributed by atoms with E-state index in [2.05, 4.69) is 4.98 Å². The number of amides is 1. The molecule has 4 aromatic rings. The average Bonchev–Trinajstić information content (AvgIpc) is 3.22. The number of pyridine rings is 1. The summed E-state index contributed by atoms with van der Waals surface area (Å²) in [5, 5.41) is 2.00. The third-order valence-electron chi connectivity index (χ3n) is 5.20. The van der Waals surface area contributed by atoms with Gasteiger partial charge in [-0.2, -0.15) is 0 Å². The third-order valence-corrected chi connectivity index (χ3v) is 8.57. The van der Waals surface area contributed by atoms with Gasteiger partial charge in [0.15, 0.2) is 0 Å². The van der Waals surface area contributed by atoms with Crippen molar-refractivity contribution in [3.63, 3.8) is 0 Å². The molecule has 4 rings (SSSR count). The molecule has 8 heteroatoms. The van der Waals surface area contributed by atoms with Crippen molar-refractivity contribution in [3.8, 4) is 0 Å². The lowest BCUT2D eigenvalue weighted by atomic mass is 10.1. The first-order chi connectivity index (χ1) is 15.9. The molecule has 0 radical (unpaired) electrons. The van der Waals surface area contributed by atoms with Crippen LogP contribution in [0, 0.1) is 6.92 Å². The number of hydrogen-bond acceptors (Lipinski definition) is 5. The van der Waals surface area contributed by atoms with Gasteiger partial charge in [-0.25, -0.2) is 8.42 Å². The summed E-state index contributed by atoms with van der Waals surface area (Å²) >= 11 is 7.05. The lowest BCUT2D eigenvalue weighted by Gasteiger charge is -2.23. The quantitative estimate of drug-likeness (QED) is 0.325. The Bertz CT molecular complexity index is 1310. The molecule has 0 aliphatic heterocycles. The van der Waals surface area contributed by atoms with Crippen LogP contribution in [0.3, 0.4) is 0 Å². The fraction of sp³-hybridized carbons (Fsp3) is 0.120. The van der Waals surface area contributed by atoms with Gasteiger partial charge in [0, 0.05) is 35.9 Å². The Labute approximate surface area is 202 Å². The number of nitrogens with zero attached hydrogens (tertiary/aromatic N) is 2. The summed E-state index contributed by atoms with van der Waals surface area (Å²) in [4.78, 5) is 20.1. The number of rotatable bonds is 7. The molecule has 0 unspecified atom stereocenters. The van der Waals surface area contributed by atoms with Gasteiger partial charge in [0.25, 0.3) is 5.91 Å². The van der Waals surface area contributed by atoms with Crippen molar-refractivity contribution in [2.75, 3.05) is 0 Å². The van der Waals surface area contributed by atoms with Crippen molar-refractivity contribution in [2.45, 2.75) is 29.8 Å². The Kier molecular flexibility index (Phi) is 6.93. The first-order valence-electron chi connectivity index (χ1n) is 10.2. The van der Waals surface area contributed by atoms with Gasteiger partial charge in [-0.05, 0) is 53.9 Å². The molecule has 0 spiro atoms. The molecule has 0 atom stereocenters. The number of benzene rings is 2. The maximum absolute atomic E-state index is 13.6. The highest BCUT2D eigenvalue weighted by Gasteiger charge is 2.28. The molecule has 2 heterocycles. The minimum atomic E-state index is -3.77. The first kappa shape index (κ1) is 23.2. The molecule has 1 amide bonds. The largest absolute Gasteiger partial charge is 0.329 e. The minimum Gasteiger partial charge on any atom is -0.329 e. The second-order valence-corrected chi connectivity index (χ2v) is 10.8. The van der Waals surface area contributed by atoms with Crippen LogP contribution in [0.5, 0.6) is 0 Å². The second kappa shape index (κ2) is 9.87. The van der Waals surface area contributed by atoms with Crippen LogP contribution in [-0.2, 0) is 22.9 Å². The van der Waals surface area contributed by atoms with E-state index < -0.39 is 9.84 Å². The van der Waals surface area contributed by atoms with Crippen molar-refractivity contribution in [2.24, 2.45) is 0 Å². The van der Waals surface area contributed by atoms with Crippen LogP contribution in [0.25, 0.3) is 0 Å². The van der Waals surface area contributed by atoms with Crippen molar-refractivity contribution in [1.29, 1.82) is 0 Å². The van der Waals surface area contributed by atoms with Crippen LogP contribution < -0.4 is 0 Å². The number of thiophene rings is 1. The summed E-state index contributed by atoms with van der Waals surface area (Å²) in [7, 11) is -3.77. The number of carbonyl (C=O) groups is 1. The maximum Gasteiger partial charge on any atom is 0.264 e. The molecule has 2 aromatic heterocycles. The summed E-state index contributed by atoms with van der Waals surface area (Å²) in [6.07, 6.45) is 3.41. The Morgan fingerprint density at radius 2 is 1.64 bits per heavy atom. The molecule has 5 nitrogen and oxygen atoms in total. The summed E-state index contributed by atoms with van der Waals surface area (Å²) in [6, 6.07) is 19.5. The third kappa shape index (κ3) is 5.16. The van der Waals surface area contributed by atoms with Gasteiger partial charge >= 0.3 is 0 Å². The topological polar surface area (TPSA) is 67.3 Å². The highest BCUT2D eigenvalue weighted by Crippen LogP contribution is 2.32. The van der Waals surface area contributed by atoms with Crippen LogP contribution in [0.4, 0.5) is 0 Å². The van der Waals surface area contributed by atoms with Crippen LogP contribution in [0.1, 0.15) is 26.4 Å². The van der Waals surface area contributed by atoms with Crippen molar-refractivity contribution in [3.05, 3.63) is 111 Å². The first-order valence-corrected chi connectivity index (χ1v) is 12.9. The fourth-order valence-electron chi connectivity index (χ4n) is 3.48. The Balaban J connectivity index is 1.68. The molecular weight excluding hydrogens is 476 g/mol. The van der Waals surface area contributed by atoms with Crippen LogP contribution >= 0.6 is 22.9 Å². The lowest BCUT2D eigenvalue weighted by Crippen LogP contribution is -2.30. The molecule has 168 valence electrons. The van der Waals surface area contributed by atoms with E-state index >= 15 is 0 Å². The molecule has 0 bridgehead atoms. The van der Waals surface area contributed by atoms with E-state index in [0.717, 1.165) is 22.5 Å². The Hall–Kier alpha value is -3.00. The summed E-state index contributed by atoms with van der Waals surface area (Å²) in [6.45, 7) is 2.43. The highest BCUT2D eigenvalue weighted by atomic mass is 35.5. The van der Waals surface area contributed by atoms with Gasteiger partial charge in [0.05, 0.1) is 14.7 Å². The van der Waals surface area contributed by atoms with Crippen LogP contribution in [-0.4, -0.2) is 24.2 Å². The molecule has 0 fully saturated rings. The molecule has 0 aliphatic rings. The Morgan fingerprint density at radius 1 is 0.970 bits per heavy atom. The standard InChI is InChI=1S/C25H21ClN2O3S2/c1-18-23(33(30,31)22-11-9-21(26)10-12-22)17-32-24(18)25(29)28(15-19-6-3-2-4-7-19)16-20-8-5-13-27-14-20/h2-14,17H,15-16H2,1H3. The van der Waals surface area contributed by atoms with Gasteiger partial charge in [-0.3, -0.25) is 9.78 Å². The maximum atomic E-state index is 13.6. The fourth-order valence-corrected chi connectivity index (χ4v) is 6.49. The van der Waals surface area contributed by atoms with Gasteiger partial charge < -0.3 is 4.90 Å². The van der Waals surface area contributed by atoms with Crippen LogP contribution in [0.2, 0.25) is 5.02 Å². The highest BCUT2D eigenvalue weighted by molar-refractivity contribution is 7.91. The molecule has 0 N–H and O–H groups in total. The van der Waals surface area contributed by atoms with E-state index in [9.17, 15) is 13.2 Å². The minimum absolute atomic E-state index is 0.138. The zero-order valence-electron chi connectivity index (χ0n) is 17.8. The lowest BCUT2D eigenvalue weighted by molar-refractivity contribution is 0.0734. The zero-order chi connectivity index (χ0) is 23.4. The van der Waals surface area contributed by atoms with Gasteiger partial charge in [0.1, 0.15) is 0 Å². The van der Waals surface area contributed by atoms with E-state index in [1.165, 1.54) is 29.6 Å². The zero-order valence-corrected chi connectivity index (χ0v) is 20.2. The summed E-state index contributed by atoms with van der Waals surface area (Å²) < 4.78 is 26.4. The SMILES string of the molecule is Cc1c(S(=O)(=O)c2ccc(Cl)cc2)csc1C(=O)N(Cc1ccccc1)Cc1cccnc1. The molecule has 2 aromatic carbocycles. The van der Waals surface area contributed by atoms with E-state index in [0.29, 0.717) is 28.6 Å². The van der Waals surface area contributed by atoms with Crippen LogP contribution in [0.15, 0.2) is 94.3 Å². The summed E-state index contributed by atoms with van der Waals surface area (Å²) in [5.74, 6) is -0.220. The van der Waals surface area contributed by atoms with Gasteiger partial charge in [-0.15, -0.1) is 11.3 Å². The van der Waals surface area contributed by atoms with E-state index in [1.807, 2.05) is 42.5 Å². The van der Waals surface area contributed by atoms with Crippen molar-refractivity contribution < 1.29 is 13.2 Å². The van der Waals surface area contributed by atoms with E-state index in [4.69, 9.17) is 11.6 Å². The monoisotopic (exact) mass is 496 g/mol. The number of aromatic nitrogens is 1. The predicted octanol–water partition coefficient (Wildman–Crippen LogP) is 5.78. The molecular formula is C25H21ClN2O3S2. The van der Waals surface area contributed by atoms with Gasteiger partial charge in [-0.1, -0.05) is 48.0 Å². The molecule has 0 saturated carbocycles. The molecule has 33 heavy (non-hydrogen) atoms. The van der Waals surface area contributed by atoms with Crippen molar-refractivity contribution in [1.82, 2.24) is 9.88 Å². The number of hydrogen-bond donors (Lipinski definition) is 0. The van der Waals surface area contributed by atoms with E-state index in [-0.39, 0.29) is 15.7 Å². The van der Waals surface area contributed by atoms with Gasteiger partial charge in [0.2, 0.25) is 9.84 Å². The average molecular weight is 497 g/mol. The number of sulfone groups is 1. The number of carbonyl (C=O) groups excluding carboxylic acids is 1. The second-order valence-electron chi connectivity index (χ2n) is 7.52. The Morgan fingerprint density at radius 3 is 2.30 bits per heavy atom. The summed E-state index contributed by atoms with van der Waals surface area (Å²) in [5.41, 5.74) is 2.33. The molecule has 0 aliphatic carbocycles. The van der Waals surface area contributed by atoms with E-state index in [1.54, 1.807) is 24.2 Å². The predicted molar refractivity (Wildman–Crippen MR) is 130 cm³/mol. The normalized spacial score (nSPS) is 11.3. The van der Waals surface area contributed by atoms with Crippen molar-refractivity contribution >= 4 is 38.7 Å². The smallest absolute Gasteiger partial charge is 0.264 e.